The highest BCUT2D eigenvalue weighted by Crippen LogP contribution is 2.18. The van der Waals surface area contributed by atoms with Gasteiger partial charge in [-0.05, 0) is 25.2 Å². The molecule has 0 radical (unpaired) electrons. The molecule has 2 rings (SSSR count). The van der Waals surface area contributed by atoms with E-state index in [1.807, 2.05) is 17.0 Å². The minimum Gasteiger partial charge on any atom is -0.339 e. The summed E-state index contributed by atoms with van der Waals surface area (Å²) in [6, 6.07) is 7.09. The van der Waals surface area contributed by atoms with Gasteiger partial charge in [-0.2, -0.15) is 0 Å². The molecule has 0 N–H and O–H groups in total. The van der Waals surface area contributed by atoms with Crippen LogP contribution >= 0.6 is 11.6 Å². The van der Waals surface area contributed by atoms with E-state index in [0.717, 1.165) is 19.6 Å². The van der Waals surface area contributed by atoms with Crippen LogP contribution in [0.3, 0.4) is 0 Å². The predicted molar refractivity (Wildman–Crippen MR) is 96.3 cm³/mol. The maximum absolute atomic E-state index is 12.5. The summed E-state index contributed by atoms with van der Waals surface area (Å²) in [6.45, 7) is 9.22. The van der Waals surface area contributed by atoms with Crippen molar-refractivity contribution in [3.05, 3.63) is 34.9 Å². The first-order valence-corrected chi connectivity index (χ1v) is 8.98. The van der Waals surface area contributed by atoms with E-state index in [9.17, 15) is 9.59 Å². The molecule has 1 aliphatic heterocycles. The fraction of sp³-hybridized carbons (Fsp3) is 0.556. The highest BCUT2D eigenvalue weighted by Gasteiger charge is 2.25. The van der Waals surface area contributed by atoms with E-state index in [2.05, 4.69) is 18.7 Å². The third kappa shape index (κ3) is 4.71. The van der Waals surface area contributed by atoms with Crippen molar-refractivity contribution >= 4 is 23.4 Å². The maximum atomic E-state index is 12.5. The van der Waals surface area contributed by atoms with Crippen molar-refractivity contribution in [2.45, 2.75) is 20.3 Å². The Hall–Kier alpha value is -1.59. The van der Waals surface area contributed by atoms with Gasteiger partial charge in [0.25, 0.3) is 5.91 Å². The average molecular weight is 352 g/mol. The average Bonchev–Trinajstić information content (AvgIpc) is 2.62. The fourth-order valence-electron chi connectivity index (χ4n) is 2.92. The molecule has 0 bridgehead atoms. The van der Waals surface area contributed by atoms with Crippen molar-refractivity contribution in [2.75, 3.05) is 45.8 Å². The molecule has 5 nitrogen and oxygen atoms in total. The van der Waals surface area contributed by atoms with Crippen LogP contribution in [0.25, 0.3) is 0 Å². The lowest BCUT2D eigenvalue weighted by Gasteiger charge is -2.35. The van der Waals surface area contributed by atoms with E-state index in [0.29, 0.717) is 43.2 Å². The summed E-state index contributed by atoms with van der Waals surface area (Å²) in [5.74, 6) is 0.114. The van der Waals surface area contributed by atoms with Crippen LogP contribution in [-0.4, -0.2) is 72.3 Å². The second-order valence-corrected chi connectivity index (χ2v) is 6.34. The third-order valence-electron chi connectivity index (χ3n) is 4.56. The number of nitrogens with zero attached hydrogens (tertiary/aromatic N) is 3. The van der Waals surface area contributed by atoms with Crippen LogP contribution in [0, 0.1) is 0 Å². The normalized spacial score (nSPS) is 15.0. The Balaban J connectivity index is 1.84. The first-order valence-electron chi connectivity index (χ1n) is 8.60. The zero-order valence-corrected chi connectivity index (χ0v) is 15.3. The van der Waals surface area contributed by atoms with Gasteiger partial charge in [-0.3, -0.25) is 9.59 Å². The standard InChI is InChI=1S/C18H26ClN3O2/c1-3-20(4-2)10-9-17(23)21-11-13-22(14-12-21)18(24)15-7-5-6-8-16(15)19/h5-8H,3-4,9-14H2,1-2H3. The van der Waals surface area contributed by atoms with Crippen molar-refractivity contribution < 1.29 is 9.59 Å². The SMILES string of the molecule is CCN(CC)CCC(=O)N1CCN(C(=O)c2ccccc2Cl)CC1. The predicted octanol–water partition coefficient (Wildman–Crippen LogP) is 2.36. The van der Waals surface area contributed by atoms with Crippen LogP contribution in [0.5, 0.6) is 0 Å². The van der Waals surface area contributed by atoms with E-state index in [1.54, 1.807) is 17.0 Å². The quantitative estimate of drug-likeness (QED) is 0.790. The van der Waals surface area contributed by atoms with Gasteiger partial charge in [-0.15, -0.1) is 0 Å². The highest BCUT2D eigenvalue weighted by atomic mass is 35.5. The summed E-state index contributed by atoms with van der Waals surface area (Å²) in [5.41, 5.74) is 0.528. The molecule has 1 heterocycles. The lowest BCUT2D eigenvalue weighted by molar-refractivity contribution is -0.133. The maximum Gasteiger partial charge on any atom is 0.255 e. The molecule has 132 valence electrons. The first-order chi connectivity index (χ1) is 11.6. The molecule has 1 aliphatic rings. The molecule has 0 unspecified atom stereocenters. The van der Waals surface area contributed by atoms with E-state index >= 15 is 0 Å². The van der Waals surface area contributed by atoms with Crippen molar-refractivity contribution in [1.29, 1.82) is 0 Å². The molecule has 0 atom stereocenters. The summed E-state index contributed by atoms with van der Waals surface area (Å²) in [5, 5.41) is 0.472. The van der Waals surface area contributed by atoms with Crippen molar-refractivity contribution in [2.24, 2.45) is 0 Å². The molecule has 0 spiro atoms. The van der Waals surface area contributed by atoms with E-state index in [1.165, 1.54) is 0 Å². The Morgan fingerprint density at radius 2 is 1.62 bits per heavy atom. The number of carbonyl (C=O) groups excluding carboxylic acids is 2. The van der Waals surface area contributed by atoms with Crippen LogP contribution in [0.15, 0.2) is 24.3 Å². The lowest BCUT2D eigenvalue weighted by Crippen LogP contribution is -2.51. The third-order valence-corrected chi connectivity index (χ3v) is 4.89. The van der Waals surface area contributed by atoms with Gasteiger partial charge in [0.1, 0.15) is 0 Å². The lowest BCUT2D eigenvalue weighted by atomic mass is 10.1. The van der Waals surface area contributed by atoms with Gasteiger partial charge in [0.15, 0.2) is 0 Å². The number of benzene rings is 1. The molecule has 0 aliphatic carbocycles. The summed E-state index contributed by atoms with van der Waals surface area (Å²) >= 11 is 6.10. The molecule has 1 fully saturated rings. The molecule has 24 heavy (non-hydrogen) atoms. The molecular weight excluding hydrogens is 326 g/mol. The number of halogens is 1. The zero-order valence-electron chi connectivity index (χ0n) is 14.5. The van der Waals surface area contributed by atoms with Crippen molar-refractivity contribution in [3.63, 3.8) is 0 Å². The van der Waals surface area contributed by atoms with Gasteiger partial charge in [0, 0.05) is 39.1 Å². The van der Waals surface area contributed by atoms with E-state index in [4.69, 9.17) is 11.6 Å². The van der Waals surface area contributed by atoms with Crippen molar-refractivity contribution in [3.8, 4) is 0 Å². The summed E-state index contributed by atoms with van der Waals surface area (Å²) in [6.07, 6.45) is 0.542. The number of rotatable bonds is 6. The molecule has 1 saturated heterocycles. The minimum absolute atomic E-state index is 0.0594. The van der Waals surface area contributed by atoms with Crippen LogP contribution in [0.4, 0.5) is 0 Å². The van der Waals surface area contributed by atoms with Gasteiger partial charge in [0.2, 0.25) is 5.91 Å². The Labute approximate surface area is 149 Å². The van der Waals surface area contributed by atoms with E-state index in [-0.39, 0.29) is 11.8 Å². The van der Waals surface area contributed by atoms with Crippen LogP contribution in [-0.2, 0) is 4.79 Å². The van der Waals surface area contributed by atoms with Crippen LogP contribution < -0.4 is 0 Å². The molecular formula is C18H26ClN3O2. The zero-order chi connectivity index (χ0) is 17.5. The number of piperazine rings is 1. The van der Waals surface area contributed by atoms with Crippen molar-refractivity contribution in [1.82, 2.24) is 14.7 Å². The number of hydrogen-bond acceptors (Lipinski definition) is 3. The Bertz CT molecular complexity index is 567. The molecule has 1 aromatic carbocycles. The summed E-state index contributed by atoms with van der Waals surface area (Å²) in [4.78, 5) is 30.7. The Morgan fingerprint density at radius 3 is 2.21 bits per heavy atom. The molecule has 2 amide bonds. The minimum atomic E-state index is -0.0594. The fourth-order valence-corrected chi connectivity index (χ4v) is 3.13. The summed E-state index contributed by atoms with van der Waals surface area (Å²) < 4.78 is 0. The second kappa shape index (κ2) is 9.04. The number of amides is 2. The second-order valence-electron chi connectivity index (χ2n) is 5.93. The van der Waals surface area contributed by atoms with Gasteiger partial charge < -0.3 is 14.7 Å². The largest absolute Gasteiger partial charge is 0.339 e. The molecule has 6 heteroatoms. The molecule has 0 aromatic heterocycles. The van der Waals surface area contributed by atoms with E-state index < -0.39 is 0 Å². The van der Waals surface area contributed by atoms with Crippen LogP contribution in [0.1, 0.15) is 30.6 Å². The number of carbonyl (C=O) groups is 2. The Morgan fingerprint density at radius 1 is 1.04 bits per heavy atom. The number of hydrogen-bond donors (Lipinski definition) is 0. The summed E-state index contributed by atoms with van der Waals surface area (Å²) in [7, 11) is 0. The van der Waals surface area contributed by atoms with Crippen LogP contribution in [0.2, 0.25) is 5.02 Å². The van der Waals surface area contributed by atoms with Gasteiger partial charge in [-0.1, -0.05) is 37.6 Å². The Kier molecular flexibility index (Phi) is 7.06. The van der Waals surface area contributed by atoms with Gasteiger partial charge >= 0.3 is 0 Å². The smallest absolute Gasteiger partial charge is 0.255 e. The molecule has 1 aromatic rings. The monoisotopic (exact) mass is 351 g/mol. The molecule has 0 saturated carbocycles. The topological polar surface area (TPSA) is 43.9 Å². The van der Waals surface area contributed by atoms with Gasteiger partial charge in [-0.25, -0.2) is 0 Å². The first kappa shape index (κ1) is 18.7. The highest BCUT2D eigenvalue weighted by molar-refractivity contribution is 6.33. The van der Waals surface area contributed by atoms with Gasteiger partial charge in [0.05, 0.1) is 10.6 Å².